The Morgan fingerprint density at radius 3 is 2.64 bits per heavy atom. The third kappa shape index (κ3) is 6.66. The Morgan fingerprint density at radius 2 is 2.11 bits per heavy atom. The van der Waals surface area contributed by atoms with E-state index >= 15 is 0 Å². The van der Waals surface area contributed by atoms with Crippen molar-refractivity contribution in [3.8, 4) is 0 Å². The van der Waals surface area contributed by atoms with Gasteiger partial charge in [0.1, 0.15) is 12.5 Å². The number of methoxy groups -OCH3 is 1. The summed E-state index contributed by atoms with van der Waals surface area (Å²) in [7, 11) is 1.49. The average molecular weight is 388 g/mol. The minimum absolute atomic E-state index is 0.0482. The summed E-state index contributed by atoms with van der Waals surface area (Å²) in [6.07, 6.45) is 5.94. The Kier molecular flexibility index (Phi) is 8.60. The van der Waals surface area contributed by atoms with Gasteiger partial charge in [0.25, 0.3) is 0 Å². The largest absolute Gasteiger partial charge is 0.398 e. The molecule has 0 amide bonds. The lowest BCUT2D eigenvalue weighted by atomic mass is 9.99. The third-order valence-corrected chi connectivity index (χ3v) is 3.56. The molecule has 1 aromatic rings. The van der Waals surface area contributed by atoms with Crippen molar-refractivity contribution in [2.24, 2.45) is 5.73 Å². The molecule has 0 aromatic carbocycles. The lowest BCUT2D eigenvalue weighted by molar-refractivity contribution is 0.184. The molecule has 0 aliphatic carbocycles. The summed E-state index contributed by atoms with van der Waals surface area (Å²) in [6.45, 7) is 11.6. The summed E-state index contributed by atoms with van der Waals surface area (Å²) in [5, 5.41) is 13.8. The van der Waals surface area contributed by atoms with Crippen LogP contribution in [0.5, 0.6) is 0 Å². The molecular weight excluding hydrogens is 357 g/mol. The summed E-state index contributed by atoms with van der Waals surface area (Å²) in [4.78, 5) is 4.29. The molecule has 1 heterocycles. The molecule has 0 saturated heterocycles. The summed E-state index contributed by atoms with van der Waals surface area (Å²) < 4.78 is 19.8. The van der Waals surface area contributed by atoms with Gasteiger partial charge >= 0.3 is 0 Å². The molecule has 1 aromatic heterocycles. The average Bonchev–Trinajstić information content (AvgIpc) is 2.63. The molecule has 0 aliphatic rings. The molecule has 0 spiro atoms. The summed E-state index contributed by atoms with van der Waals surface area (Å²) in [6, 6.07) is 3.51. The van der Waals surface area contributed by atoms with Crippen LogP contribution in [0.15, 0.2) is 59.9 Å². The number of aromatic nitrogens is 1. The highest BCUT2D eigenvalue weighted by atomic mass is 19.1. The van der Waals surface area contributed by atoms with E-state index in [1.165, 1.54) is 7.11 Å². The van der Waals surface area contributed by atoms with Crippen molar-refractivity contribution in [3.05, 3.63) is 65.4 Å². The fourth-order valence-electron chi connectivity index (χ4n) is 2.36. The summed E-state index contributed by atoms with van der Waals surface area (Å²) in [5.41, 5.74) is 7.43. The van der Waals surface area contributed by atoms with Crippen LogP contribution in [0.25, 0.3) is 5.57 Å². The number of pyridine rings is 1. The van der Waals surface area contributed by atoms with E-state index in [9.17, 15) is 4.39 Å². The minimum atomic E-state index is -0.617. The van der Waals surface area contributed by atoms with Crippen LogP contribution in [0, 0.1) is 5.41 Å². The standard InChI is InChI=1S/C21H30FN5O/c1-7-8-16(19(22)14(2)26-13-28-6)20(24)17(12-23)15-9-10-25-18(11-15)27-21(3,4)5/h7-12,23,26H,2,13,24H2,1,3-6H3,(H,25,27). The maximum Gasteiger partial charge on any atom is 0.155 e. The number of hydrogen-bond acceptors (Lipinski definition) is 6. The quantitative estimate of drug-likeness (QED) is 0.290. The molecule has 0 unspecified atom stereocenters. The number of nitrogens with one attached hydrogen (secondary N) is 3. The van der Waals surface area contributed by atoms with Gasteiger partial charge in [0, 0.05) is 36.2 Å². The van der Waals surface area contributed by atoms with E-state index in [1.54, 1.807) is 37.4 Å². The van der Waals surface area contributed by atoms with Gasteiger partial charge in [0.15, 0.2) is 5.83 Å². The number of anilines is 1. The van der Waals surface area contributed by atoms with E-state index < -0.39 is 5.83 Å². The van der Waals surface area contributed by atoms with Gasteiger partial charge in [-0.1, -0.05) is 18.7 Å². The maximum absolute atomic E-state index is 14.9. The lowest BCUT2D eigenvalue weighted by Crippen LogP contribution is -2.26. The van der Waals surface area contributed by atoms with Gasteiger partial charge in [0.05, 0.1) is 11.4 Å². The fourth-order valence-corrected chi connectivity index (χ4v) is 2.36. The smallest absolute Gasteiger partial charge is 0.155 e. The number of ether oxygens (including phenoxy) is 1. The van der Waals surface area contributed by atoms with E-state index in [0.29, 0.717) is 17.0 Å². The molecule has 1 rings (SSSR count). The van der Waals surface area contributed by atoms with Crippen molar-refractivity contribution in [1.29, 1.82) is 5.41 Å². The first kappa shape index (κ1) is 23.1. The van der Waals surface area contributed by atoms with Crippen molar-refractivity contribution in [2.45, 2.75) is 33.2 Å². The van der Waals surface area contributed by atoms with Gasteiger partial charge in [-0.15, -0.1) is 0 Å². The van der Waals surface area contributed by atoms with Gasteiger partial charge in [-0.2, -0.15) is 0 Å². The van der Waals surface area contributed by atoms with Crippen LogP contribution >= 0.6 is 0 Å². The molecule has 152 valence electrons. The number of allylic oxidation sites excluding steroid dienone is 4. The zero-order valence-corrected chi connectivity index (χ0v) is 17.2. The second-order valence-electron chi connectivity index (χ2n) is 7.09. The highest BCUT2D eigenvalue weighted by Crippen LogP contribution is 2.26. The second kappa shape index (κ2) is 10.4. The normalized spacial score (nSPS) is 13.6. The van der Waals surface area contributed by atoms with E-state index in [4.69, 9.17) is 15.9 Å². The van der Waals surface area contributed by atoms with Crippen LogP contribution < -0.4 is 16.4 Å². The zero-order valence-electron chi connectivity index (χ0n) is 17.2. The molecule has 0 atom stereocenters. The van der Waals surface area contributed by atoms with Crippen molar-refractivity contribution >= 4 is 17.6 Å². The number of hydrogen-bond donors (Lipinski definition) is 4. The van der Waals surface area contributed by atoms with E-state index in [0.717, 1.165) is 6.21 Å². The highest BCUT2D eigenvalue weighted by Gasteiger charge is 2.16. The zero-order chi connectivity index (χ0) is 21.3. The Hall–Kier alpha value is -2.93. The molecule has 0 fully saturated rings. The van der Waals surface area contributed by atoms with E-state index in [-0.39, 0.29) is 29.2 Å². The number of nitrogens with zero attached hydrogens (tertiary/aromatic N) is 1. The van der Waals surface area contributed by atoms with Crippen LogP contribution in [-0.2, 0) is 4.74 Å². The van der Waals surface area contributed by atoms with Gasteiger partial charge in [-0.3, -0.25) is 0 Å². The van der Waals surface area contributed by atoms with E-state index in [2.05, 4.69) is 22.2 Å². The molecule has 0 saturated carbocycles. The predicted molar refractivity (Wildman–Crippen MR) is 115 cm³/mol. The first-order chi connectivity index (χ1) is 13.1. The van der Waals surface area contributed by atoms with E-state index in [1.807, 2.05) is 20.8 Å². The molecule has 0 radical (unpaired) electrons. The molecule has 7 heteroatoms. The van der Waals surface area contributed by atoms with Crippen molar-refractivity contribution < 1.29 is 9.13 Å². The molecular formula is C21H30FN5O. The minimum Gasteiger partial charge on any atom is -0.398 e. The number of nitrogens with two attached hydrogens (primary N) is 1. The van der Waals surface area contributed by atoms with Crippen molar-refractivity contribution in [3.63, 3.8) is 0 Å². The topological polar surface area (TPSA) is 96.0 Å². The monoisotopic (exact) mass is 387 g/mol. The maximum atomic E-state index is 14.9. The second-order valence-corrected chi connectivity index (χ2v) is 7.09. The Balaban J connectivity index is 3.47. The molecule has 6 nitrogen and oxygen atoms in total. The van der Waals surface area contributed by atoms with Crippen molar-refractivity contribution in [2.75, 3.05) is 19.2 Å². The van der Waals surface area contributed by atoms with Crippen LogP contribution in [-0.4, -0.2) is 30.6 Å². The van der Waals surface area contributed by atoms with Gasteiger partial charge < -0.3 is 26.5 Å². The third-order valence-electron chi connectivity index (χ3n) is 3.56. The van der Waals surface area contributed by atoms with Crippen LogP contribution in [0.1, 0.15) is 33.3 Å². The Bertz CT molecular complexity index is 803. The molecule has 5 N–H and O–H groups in total. The molecule has 0 bridgehead atoms. The fraction of sp³-hybridized carbons (Fsp3) is 0.333. The predicted octanol–water partition coefficient (Wildman–Crippen LogP) is 4.12. The number of halogens is 1. The highest BCUT2D eigenvalue weighted by molar-refractivity contribution is 6.10. The van der Waals surface area contributed by atoms with Crippen molar-refractivity contribution in [1.82, 2.24) is 10.3 Å². The number of rotatable bonds is 9. The van der Waals surface area contributed by atoms with Gasteiger partial charge in [-0.25, -0.2) is 9.37 Å². The molecule has 28 heavy (non-hydrogen) atoms. The SMILES string of the molecule is C=C(NCOC)C(F)=C(C=CC)C(N)=C(C=N)c1ccnc(NC(C)(C)C)c1. The Labute approximate surface area is 166 Å². The van der Waals surface area contributed by atoms with Gasteiger partial charge in [0.2, 0.25) is 0 Å². The van der Waals surface area contributed by atoms with Gasteiger partial charge in [-0.05, 0) is 45.4 Å². The van der Waals surface area contributed by atoms with Crippen LogP contribution in [0.3, 0.4) is 0 Å². The molecule has 0 aliphatic heterocycles. The summed E-state index contributed by atoms with van der Waals surface area (Å²) >= 11 is 0. The lowest BCUT2D eigenvalue weighted by Gasteiger charge is -2.21. The Morgan fingerprint density at radius 1 is 1.43 bits per heavy atom. The summed E-state index contributed by atoms with van der Waals surface area (Å²) in [5.74, 6) is 0.0226. The first-order valence-electron chi connectivity index (χ1n) is 8.84. The first-order valence-corrected chi connectivity index (χ1v) is 8.84. The van der Waals surface area contributed by atoms with Crippen LogP contribution in [0.4, 0.5) is 10.2 Å². The van der Waals surface area contributed by atoms with Crippen LogP contribution in [0.2, 0.25) is 0 Å².